The molecule has 0 bridgehead atoms. The first-order chi connectivity index (χ1) is 19.4. The van der Waals surface area contributed by atoms with Crippen LogP contribution in [0.4, 0.5) is 20.8 Å². The van der Waals surface area contributed by atoms with Gasteiger partial charge in [0.25, 0.3) is 15.6 Å². The Balaban J connectivity index is 1.57. The molecule has 11 nitrogen and oxygen atoms in total. The van der Waals surface area contributed by atoms with Crippen LogP contribution in [-0.4, -0.2) is 36.2 Å². The Kier molecular flexibility index (Phi) is 7.34. The highest BCUT2D eigenvalue weighted by atomic mass is 35.5. The van der Waals surface area contributed by atoms with Crippen LogP contribution in [0.1, 0.15) is 35.2 Å². The van der Waals surface area contributed by atoms with Crippen molar-refractivity contribution in [2.75, 3.05) is 17.3 Å². The molecule has 3 heterocycles. The third-order valence-corrected chi connectivity index (χ3v) is 8.29. The molecular weight excluding hydrogens is 575 g/mol. The number of nitrogens with one attached hydrogen (secondary N) is 2. The molecule has 0 spiro atoms. The topological polar surface area (TPSA) is 136 Å². The van der Waals surface area contributed by atoms with Crippen molar-refractivity contribution in [1.82, 2.24) is 19.3 Å². The Bertz CT molecular complexity index is 1880. The number of nitrogens with zero attached hydrogens (tertiary/aromatic N) is 4. The van der Waals surface area contributed by atoms with Gasteiger partial charge in [0, 0.05) is 25.7 Å². The number of aromatic nitrogens is 3. The van der Waals surface area contributed by atoms with Gasteiger partial charge in [0.2, 0.25) is 11.0 Å². The maximum atomic E-state index is 13.8. The quantitative estimate of drug-likeness (QED) is 0.313. The average molecular weight is 601 g/mol. The summed E-state index contributed by atoms with van der Waals surface area (Å²) < 4.78 is 47.3. The molecule has 2 aromatic carbocycles. The molecule has 1 aliphatic rings. The number of hydrogen-bond acceptors (Lipinski definition) is 9. The van der Waals surface area contributed by atoms with Crippen molar-refractivity contribution < 1.29 is 22.3 Å². The van der Waals surface area contributed by atoms with E-state index in [1.807, 2.05) is 17.9 Å². The normalized spacial score (nSPS) is 13.7. The van der Waals surface area contributed by atoms with Crippen LogP contribution in [0.25, 0.3) is 10.9 Å². The summed E-state index contributed by atoms with van der Waals surface area (Å²) in [6.45, 7) is 4.47. The number of hydrogen-bond donors (Lipinski definition) is 2. The zero-order valence-electron chi connectivity index (χ0n) is 22.5. The number of carbonyl (C=O) groups is 1. The molecule has 1 atom stereocenters. The molecule has 0 radical (unpaired) electrons. The molecule has 2 aromatic heterocycles. The Hall–Kier alpha value is -4.23. The van der Waals surface area contributed by atoms with E-state index >= 15 is 0 Å². The van der Waals surface area contributed by atoms with E-state index in [0.717, 1.165) is 23.8 Å². The van der Waals surface area contributed by atoms with E-state index in [4.69, 9.17) is 16.6 Å². The maximum Gasteiger partial charge on any atom is 0.420 e. The Labute approximate surface area is 240 Å². The summed E-state index contributed by atoms with van der Waals surface area (Å²) in [5.74, 6) is 0.0820. The van der Waals surface area contributed by atoms with Gasteiger partial charge in [0.1, 0.15) is 11.0 Å². The monoisotopic (exact) mass is 600 g/mol. The SMILES string of the molecule is COC(=O)NS(=O)(=O)c1nc(Cl)ccc1N[C@H](C)c1cc(C)cc2c(=O)n(C)c(N3Cc4ccc(F)cc4C3)nc12. The first-order valence-electron chi connectivity index (χ1n) is 12.5. The number of sulfonamides is 1. The number of amides is 1. The van der Waals surface area contributed by atoms with Crippen LogP contribution in [-0.2, 0) is 34.9 Å². The van der Waals surface area contributed by atoms with E-state index in [9.17, 15) is 22.4 Å². The van der Waals surface area contributed by atoms with Gasteiger partial charge < -0.3 is 15.0 Å². The van der Waals surface area contributed by atoms with Crippen LogP contribution in [0.3, 0.4) is 0 Å². The van der Waals surface area contributed by atoms with E-state index in [-0.39, 0.29) is 22.2 Å². The van der Waals surface area contributed by atoms with Crippen molar-refractivity contribution in [3.63, 3.8) is 0 Å². The zero-order chi connectivity index (χ0) is 29.6. The van der Waals surface area contributed by atoms with Gasteiger partial charge in [0.05, 0.1) is 29.7 Å². The second-order valence-corrected chi connectivity index (χ2v) is 11.7. The lowest BCUT2D eigenvalue weighted by Crippen LogP contribution is -2.31. The highest BCUT2D eigenvalue weighted by Crippen LogP contribution is 2.32. The summed E-state index contributed by atoms with van der Waals surface area (Å²) in [7, 11) is -1.77. The number of fused-ring (bicyclic) bond motifs is 2. The number of benzene rings is 2. The van der Waals surface area contributed by atoms with Gasteiger partial charge in [-0.3, -0.25) is 9.36 Å². The first kappa shape index (κ1) is 28.3. The maximum absolute atomic E-state index is 13.8. The van der Waals surface area contributed by atoms with Crippen molar-refractivity contribution in [3.8, 4) is 0 Å². The fourth-order valence-corrected chi connectivity index (χ4v) is 6.13. The molecule has 0 fully saturated rings. The minimum Gasteiger partial charge on any atom is -0.452 e. The number of anilines is 2. The van der Waals surface area contributed by atoms with E-state index < -0.39 is 27.2 Å². The van der Waals surface area contributed by atoms with Crippen LogP contribution in [0.2, 0.25) is 5.15 Å². The molecule has 2 N–H and O–H groups in total. The lowest BCUT2D eigenvalue weighted by Gasteiger charge is -2.23. The van der Waals surface area contributed by atoms with Crippen molar-refractivity contribution in [1.29, 1.82) is 0 Å². The molecule has 0 saturated heterocycles. The molecule has 4 aromatic rings. The van der Waals surface area contributed by atoms with Crippen molar-refractivity contribution in [2.24, 2.45) is 7.05 Å². The molecule has 214 valence electrons. The van der Waals surface area contributed by atoms with Crippen LogP contribution in [0, 0.1) is 12.7 Å². The predicted molar refractivity (Wildman–Crippen MR) is 152 cm³/mol. The Morgan fingerprint density at radius 1 is 1.12 bits per heavy atom. The second-order valence-electron chi connectivity index (χ2n) is 9.75. The molecule has 0 aliphatic carbocycles. The molecule has 1 amide bonds. The number of ether oxygens (including phenoxy) is 1. The zero-order valence-corrected chi connectivity index (χ0v) is 24.1. The number of halogens is 2. The molecule has 0 saturated carbocycles. The lowest BCUT2D eigenvalue weighted by atomic mass is 10.0. The number of rotatable bonds is 6. The highest BCUT2D eigenvalue weighted by Gasteiger charge is 2.27. The third kappa shape index (κ3) is 5.42. The van der Waals surface area contributed by atoms with E-state index in [2.05, 4.69) is 15.0 Å². The fourth-order valence-electron chi connectivity index (χ4n) is 4.90. The molecular formula is C27H26ClFN6O5S. The average Bonchev–Trinajstić information content (AvgIpc) is 3.34. The van der Waals surface area contributed by atoms with Crippen molar-refractivity contribution in [2.45, 2.75) is 38.0 Å². The lowest BCUT2D eigenvalue weighted by molar-refractivity contribution is 0.177. The van der Waals surface area contributed by atoms with Crippen molar-refractivity contribution >= 4 is 50.3 Å². The molecule has 5 rings (SSSR count). The smallest absolute Gasteiger partial charge is 0.420 e. The number of pyridine rings is 1. The fraction of sp³-hybridized carbons (Fsp3) is 0.259. The molecule has 1 aliphatic heterocycles. The third-order valence-electron chi connectivity index (χ3n) is 6.83. The Morgan fingerprint density at radius 3 is 2.59 bits per heavy atom. The van der Waals surface area contributed by atoms with Gasteiger partial charge in [0.15, 0.2) is 0 Å². The van der Waals surface area contributed by atoms with Gasteiger partial charge in [-0.25, -0.2) is 23.9 Å². The van der Waals surface area contributed by atoms with Crippen LogP contribution in [0.15, 0.2) is 52.3 Å². The highest BCUT2D eigenvalue weighted by molar-refractivity contribution is 7.90. The van der Waals surface area contributed by atoms with Gasteiger partial charge in [-0.1, -0.05) is 23.7 Å². The molecule has 41 heavy (non-hydrogen) atoms. The predicted octanol–water partition coefficient (Wildman–Crippen LogP) is 4.17. The second kappa shape index (κ2) is 10.6. The number of aryl methyl sites for hydroxylation is 1. The van der Waals surface area contributed by atoms with Crippen LogP contribution < -0.4 is 20.5 Å². The number of carbonyl (C=O) groups excluding carboxylic acids is 1. The van der Waals surface area contributed by atoms with Crippen LogP contribution >= 0.6 is 11.6 Å². The van der Waals surface area contributed by atoms with E-state index in [1.54, 1.807) is 30.8 Å². The van der Waals surface area contributed by atoms with E-state index in [0.29, 0.717) is 35.5 Å². The summed E-state index contributed by atoms with van der Waals surface area (Å²) in [4.78, 5) is 35.9. The van der Waals surface area contributed by atoms with Crippen LogP contribution in [0.5, 0.6) is 0 Å². The van der Waals surface area contributed by atoms with Gasteiger partial charge in [-0.2, -0.15) is 8.42 Å². The van der Waals surface area contributed by atoms with Gasteiger partial charge in [-0.15, -0.1) is 0 Å². The minimum absolute atomic E-state index is 0.0639. The Morgan fingerprint density at radius 2 is 1.85 bits per heavy atom. The number of methoxy groups -OCH3 is 1. The van der Waals surface area contributed by atoms with E-state index in [1.165, 1.54) is 28.8 Å². The van der Waals surface area contributed by atoms with Crippen molar-refractivity contribution in [3.05, 3.63) is 86.0 Å². The standard InChI is InChI=1S/C27H26ClFN6O5S/c1-14-9-19(15(2)30-21-7-8-22(28)31-24(21)41(38,39)33-27(37)40-4)23-20(10-14)25(36)34(3)26(32-23)35-12-16-5-6-18(29)11-17(16)13-35/h5-11,15,30H,12-13H2,1-4H3,(H,33,37)/t15-/m1/s1. The van der Waals surface area contributed by atoms with Gasteiger partial charge in [-0.05, 0) is 60.9 Å². The van der Waals surface area contributed by atoms with Gasteiger partial charge >= 0.3 is 6.09 Å². The summed E-state index contributed by atoms with van der Waals surface area (Å²) in [5, 5.41) is 2.89. The molecule has 14 heteroatoms. The summed E-state index contributed by atoms with van der Waals surface area (Å²) in [5.41, 5.74) is 3.42. The molecule has 0 unspecified atom stereocenters. The minimum atomic E-state index is -4.45. The summed E-state index contributed by atoms with van der Waals surface area (Å²) in [6.07, 6.45) is -1.19. The first-order valence-corrected chi connectivity index (χ1v) is 14.3. The summed E-state index contributed by atoms with van der Waals surface area (Å²) in [6, 6.07) is 10.5. The summed E-state index contributed by atoms with van der Waals surface area (Å²) >= 11 is 5.98. The largest absolute Gasteiger partial charge is 0.452 e.